The molecule has 0 aliphatic carbocycles. The number of aromatic nitrogens is 3. The van der Waals surface area contributed by atoms with E-state index in [-0.39, 0.29) is 16.6 Å². The third-order valence-corrected chi connectivity index (χ3v) is 8.06. The van der Waals surface area contributed by atoms with Crippen molar-refractivity contribution in [1.82, 2.24) is 18.8 Å². The zero-order chi connectivity index (χ0) is 24.6. The number of imidazole rings is 1. The molecule has 1 N–H and O–H groups in total. The molecule has 0 spiro atoms. The van der Waals surface area contributed by atoms with E-state index in [2.05, 4.69) is 15.3 Å². The van der Waals surface area contributed by atoms with Crippen molar-refractivity contribution < 1.29 is 12.8 Å². The summed E-state index contributed by atoms with van der Waals surface area (Å²) >= 11 is 0. The molecule has 8 nitrogen and oxygen atoms in total. The minimum absolute atomic E-state index is 0.00618. The summed E-state index contributed by atoms with van der Waals surface area (Å²) in [5, 5.41) is 14.7. The van der Waals surface area contributed by atoms with Gasteiger partial charge in [-0.25, -0.2) is 17.8 Å². The second-order valence-corrected chi connectivity index (χ2v) is 10.5. The summed E-state index contributed by atoms with van der Waals surface area (Å²) in [4.78, 5) is 8.27. The van der Waals surface area contributed by atoms with Crippen LogP contribution >= 0.6 is 0 Å². The molecule has 0 amide bonds. The summed E-state index contributed by atoms with van der Waals surface area (Å²) in [6, 6.07) is 12.3. The summed E-state index contributed by atoms with van der Waals surface area (Å²) in [6.07, 6.45) is 7.75. The maximum absolute atomic E-state index is 13.9. The Morgan fingerprint density at radius 2 is 1.94 bits per heavy atom. The fourth-order valence-electron chi connectivity index (χ4n) is 4.39. The minimum Gasteiger partial charge on any atom is -0.382 e. The number of halogens is 1. The van der Waals surface area contributed by atoms with Crippen LogP contribution < -0.4 is 5.32 Å². The molecular formula is C25H23FN6O2S. The topological polar surface area (TPSA) is 104 Å². The number of rotatable bonds is 5. The Balaban J connectivity index is 1.39. The van der Waals surface area contributed by atoms with E-state index in [4.69, 9.17) is 0 Å². The van der Waals surface area contributed by atoms with Gasteiger partial charge in [-0.2, -0.15) is 9.57 Å². The number of hydrogen-bond donors (Lipinski definition) is 1. The van der Waals surface area contributed by atoms with Gasteiger partial charge in [0.05, 0.1) is 11.9 Å². The van der Waals surface area contributed by atoms with E-state index in [1.54, 1.807) is 36.1 Å². The zero-order valence-electron chi connectivity index (χ0n) is 19.0. The lowest BCUT2D eigenvalue weighted by Gasteiger charge is -2.32. The quantitative estimate of drug-likeness (QED) is 0.455. The van der Waals surface area contributed by atoms with Crippen LogP contribution in [-0.2, 0) is 17.1 Å². The highest BCUT2D eigenvalue weighted by Gasteiger charge is 2.31. The Morgan fingerprint density at radius 1 is 1.14 bits per heavy atom. The van der Waals surface area contributed by atoms with Crippen LogP contribution in [0.25, 0.3) is 21.9 Å². The second-order valence-electron chi connectivity index (χ2n) is 8.63. The molecule has 0 atom stereocenters. The smallest absolute Gasteiger partial charge is 0.262 e. The second kappa shape index (κ2) is 9.09. The van der Waals surface area contributed by atoms with Gasteiger partial charge < -0.3 is 9.88 Å². The predicted octanol–water partition coefficient (Wildman–Crippen LogP) is 3.91. The third-order valence-electron chi connectivity index (χ3n) is 6.27. The molecule has 0 radical (unpaired) electrons. The fraction of sp³-hybridized carbons (Fsp3) is 0.240. The highest BCUT2D eigenvalue weighted by molar-refractivity contribution is 7.89. The standard InChI is InChI=1S/C25H23FN6O2S/c1-31-15-25(29-16-31)35(33,34)32-8-5-21(6-9-32)30-24-12-19(11-18-4-7-28-14-22(18)24)17-2-3-23(26)20(10-17)13-27/h2-4,7,10-12,14-16,21,30H,5-6,8-9H2,1H3. The van der Waals surface area contributed by atoms with E-state index >= 15 is 0 Å². The van der Waals surface area contributed by atoms with E-state index in [0.717, 1.165) is 27.6 Å². The molecule has 4 aromatic rings. The molecule has 1 saturated heterocycles. The average molecular weight is 491 g/mol. The molecule has 1 aliphatic heterocycles. The number of anilines is 1. The van der Waals surface area contributed by atoms with Gasteiger partial charge in [-0.1, -0.05) is 6.07 Å². The first-order valence-electron chi connectivity index (χ1n) is 11.2. The summed E-state index contributed by atoms with van der Waals surface area (Å²) in [5.41, 5.74) is 2.44. The van der Waals surface area contributed by atoms with Crippen LogP contribution in [-0.4, -0.2) is 46.4 Å². The fourth-order valence-corrected chi connectivity index (χ4v) is 5.83. The maximum atomic E-state index is 13.9. The first-order valence-corrected chi connectivity index (χ1v) is 12.6. The summed E-state index contributed by atoms with van der Waals surface area (Å²) in [6.45, 7) is 0.770. The van der Waals surface area contributed by atoms with Gasteiger partial charge in [-0.3, -0.25) is 4.98 Å². The molecule has 0 bridgehead atoms. The van der Waals surface area contributed by atoms with Crippen LogP contribution in [0.5, 0.6) is 0 Å². The number of benzene rings is 2. The van der Waals surface area contributed by atoms with Crippen molar-refractivity contribution in [3.63, 3.8) is 0 Å². The van der Waals surface area contributed by atoms with Gasteiger partial charge in [0.1, 0.15) is 11.9 Å². The summed E-state index contributed by atoms with van der Waals surface area (Å²) in [5.74, 6) is -0.549. The number of nitrogens with one attached hydrogen (secondary N) is 1. The molecule has 0 unspecified atom stereocenters. The monoisotopic (exact) mass is 490 g/mol. The van der Waals surface area contributed by atoms with Crippen LogP contribution in [0.1, 0.15) is 18.4 Å². The minimum atomic E-state index is -3.62. The van der Waals surface area contributed by atoms with Gasteiger partial charge in [0.15, 0.2) is 5.03 Å². The average Bonchev–Trinajstić information content (AvgIpc) is 3.32. The summed E-state index contributed by atoms with van der Waals surface area (Å²) in [7, 11) is -1.88. The highest BCUT2D eigenvalue weighted by atomic mass is 32.2. The Labute approximate surface area is 202 Å². The Hall–Kier alpha value is -3.81. The molecule has 178 valence electrons. The number of piperidine rings is 1. The van der Waals surface area contributed by atoms with Gasteiger partial charge in [0, 0.05) is 55.8 Å². The van der Waals surface area contributed by atoms with Crippen LogP contribution in [0.2, 0.25) is 0 Å². The van der Waals surface area contributed by atoms with Gasteiger partial charge in [0.2, 0.25) is 0 Å². The van der Waals surface area contributed by atoms with Gasteiger partial charge in [-0.05, 0) is 59.7 Å². The van der Waals surface area contributed by atoms with Crippen molar-refractivity contribution in [2.45, 2.75) is 23.9 Å². The van der Waals surface area contributed by atoms with Crippen molar-refractivity contribution in [2.24, 2.45) is 7.05 Å². The first kappa shape index (κ1) is 23.0. The number of aryl methyl sites for hydroxylation is 1. The van der Waals surface area contributed by atoms with E-state index < -0.39 is 15.8 Å². The van der Waals surface area contributed by atoms with Crippen molar-refractivity contribution in [3.8, 4) is 17.2 Å². The van der Waals surface area contributed by atoms with Crippen LogP contribution in [0.3, 0.4) is 0 Å². The molecule has 0 saturated carbocycles. The Morgan fingerprint density at radius 3 is 2.66 bits per heavy atom. The lowest BCUT2D eigenvalue weighted by Crippen LogP contribution is -2.42. The maximum Gasteiger partial charge on any atom is 0.262 e. The molecule has 10 heteroatoms. The SMILES string of the molecule is Cn1cnc(S(=O)(=O)N2CCC(Nc3cc(-c4ccc(F)c(C#N)c4)cc4ccncc34)CC2)c1. The molecule has 2 aromatic carbocycles. The lowest BCUT2D eigenvalue weighted by molar-refractivity contribution is 0.329. The Bertz CT molecular complexity index is 1550. The van der Waals surface area contributed by atoms with Gasteiger partial charge in [0.25, 0.3) is 10.0 Å². The third kappa shape index (κ3) is 4.48. The zero-order valence-corrected chi connectivity index (χ0v) is 19.8. The first-order chi connectivity index (χ1) is 16.8. The number of sulfonamides is 1. The molecule has 5 rings (SSSR count). The molecule has 35 heavy (non-hydrogen) atoms. The predicted molar refractivity (Wildman–Crippen MR) is 130 cm³/mol. The number of pyridine rings is 1. The Kier molecular flexibility index (Phi) is 5.96. The van der Waals surface area contributed by atoms with Gasteiger partial charge >= 0.3 is 0 Å². The molecule has 3 heterocycles. The van der Waals surface area contributed by atoms with Crippen LogP contribution in [0, 0.1) is 17.1 Å². The molecular weight excluding hydrogens is 467 g/mol. The number of nitrogens with zero attached hydrogens (tertiary/aromatic N) is 5. The molecule has 2 aromatic heterocycles. The number of nitriles is 1. The van der Waals surface area contributed by atoms with Crippen molar-refractivity contribution >= 4 is 26.5 Å². The largest absolute Gasteiger partial charge is 0.382 e. The van der Waals surface area contributed by atoms with Gasteiger partial charge in [-0.15, -0.1) is 0 Å². The van der Waals surface area contributed by atoms with E-state index in [0.29, 0.717) is 25.9 Å². The van der Waals surface area contributed by atoms with Crippen LogP contribution in [0.15, 0.2) is 66.3 Å². The highest BCUT2D eigenvalue weighted by Crippen LogP contribution is 2.33. The van der Waals surface area contributed by atoms with Crippen LogP contribution in [0.4, 0.5) is 10.1 Å². The molecule has 1 aliphatic rings. The molecule has 1 fully saturated rings. The lowest BCUT2D eigenvalue weighted by atomic mass is 9.98. The van der Waals surface area contributed by atoms with E-state index in [1.165, 1.54) is 22.9 Å². The van der Waals surface area contributed by atoms with Crippen molar-refractivity contribution in [2.75, 3.05) is 18.4 Å². The van der Waals surface area contributed by atoms with Crippen molar-refractivity contribution in [1.29, 1.82) is 5.26 Å². The normalized spacial score (nSPS) is 15.2. The van der Waals surface area contributed by atoms with Crippen molar-refractivity contribution in [3.05, 3.63) is 72.7 Å². The van der Waals surface area contributed by atoms with E-state index in [9.17, 15) is 18.1 Å². The number of hydrogen-bond acceptors (Lipinski definition) is 6. The van der Waals surface area contributed by atoms with E-state index in [1.807, 2.05) is 24.3 Å². The summed E-state index contributed by atoms with van der Waals surface area (Å²) < 4.78 is 42.7. The number of fused-ring (bicyclic) bond motifs is 1.